The van der Waals surface area contributed by atoms with Crippen LogP contribution in [-0.2, 0) is 10.2 Å². The van der Waals surface area contributed by atoms with Crippen LogP contribution in [0.3, 0.4) is 0 Å². The Kier molecular flexibility index (Phi) is 3.27. The molecule has 1 heterocycles. The molecule has 0 spiro atoms. The van der Waals surface area contributed by atoms with Gasteiger partial charge < -0.3 is 14.8 Å². The fourth-order valence-corrected chi connectivity index (χ4v) is 3.44. The van der Waals surface area contributed by atoms with Crippen molar-refractivity contribution in [2.45, 2.75) is 25.2 Å². The van der Waals surface area contributed by atoms with Gasteiger partial charge in [0.25, 0.3) is 0 Å². The molecule has 1 N–H and O–H groups in total. The second-order valence-corrected chi connectivity index (χ2v) is 5.84. The van der Waals surface area contributed by atoms with E-state index < -0.39 is 0 Å². The van der Waals surface area contributed by atoms with E-state index in [2.05, 4.69) is 29.6 Å². The summed E-state index contributed by atoms with van der Waals surface area (Å²) >= 11 is 0. The molecule has 3 nitrogen and oxygen atoms in total. The molecule has 1 aliphatic heterocycles. The van der Waals surface area contributed by atoms with E-state index in [0.717, 1.165) is 32.1 Å². The first-order valence-electron chi connectivity index (χ1n) is 7.22. The summed E-state index contributed by atoms with van der Waals surface area (Å²) in [5.74, 6) is 0.958. The van der Waals surface area contributed by atoms with Gasteiger partial charge >= 0.3 is 0 Å². The Morgan fingerprint density at radius 2 is 1.89 bits per heavy atom. The molecule has 1 aromatic rings. The molecule has 0 bridgehead atoms. The predicted octanol–water partition coefficient (Wildman–Crippen LogP) is 2.35. The lowest BCUT2D eigenvalue weighted by atomic mass is 9.66. The Balaban J connectivity index is 1.86. The van der Waals surface area contributed by atoms with Crippen LogP contribution in [0.25, 0.3) is 0 Å². The lowest BCUT2D eigenvalue weighted by Gasteiger charge is -2.48. The van der Waals surface area contributed by atoms with E-state index >= 15 is 0 Å². The van der Waals surface area contributed by atoms with Gasteiger partial charge in [-0.05, 0) is 49.9 Å². The molecule has 1 aliphatic carbocycles. The average molecular weight is 261 g/mol. The topological polar surface area (TPSA) is 30.5 Å². The number of benzene rings is 1. The van der Waals surface area contributed by atoms with Gasteiger partial charge in [0.05, 0.1) is 19.8 Å². The van der Waals surface area contributed by atoms with Gasteiger partial charge in [-0.25, -0.2) is 0 Å². The highest BCUT2D eigenvalue weighted by molar-refractivity contribution is 5.38. The fourth-order valence-electron chi connectivity index (χ4n) is 3.44. The van der Waals surface area contributed by atoms with Gasteiger partial charge in [0, 0.05) is 12.0 Å². The Labute approximate surface area is 115 Å². The van der Waals surface area contributed by atoms with E-state index in [9.17, 15) is 0 Å². The van der Waals surface area contributed by atoms with Crippen LogP contribution >= 0.6 is 0 Å². The third-order valence-electron chi connectivity index (χ3n) is 4.80. The van der Waals surface area contributed by atoms with Gasteiger partial charge in [0.2, 0.25) is 0 Å². The van der Waals surface area contributed by atoms with Gasteiger partial charge in [0.15, 0.2) is 0 Å². The number of hydrogen-bond acceptors (Lipinski definition) is 3. The van der Waals surface area contributed by atoms with E-state index in [-0.39, 0.29) is 5.41 Å². The van der Waals surface area contributed by atoms with Crippen molar-refractivity contribution in [3.05, 3.63) is 29.8 Å². The summed E-state index contributed by atoms with van der Waals surface area (Å²) in [7, 11) is 2.05. The van der Waals surface area contributed by atoms with Crippen LogP contribution in [0.15, 0.2) is 24.3 Å². The van der Waals surface area contributed by atoms with Gasteiger partial charge in [-0.15, -0.1) is 0 Å². The first-order valence-corrected chi connectivity index (χ1v) is 7.22. The van der Waals surface area contributed by atoms with Crippen LogP contribution < -0.4 is 10.1 Å². The van der Waals surface area contributed by atoms with Gasteiger partial charge in [-0.3, -0.25) is 0 Å². The van der Waals surface area contributed by atoms with Crippen molar-refractivity contribution in [2.24, 2.45) is 5.41 Å². The minimum absolute atomic E-state index is 0.223. The van der Waals surface area contributed by atoms with Crippen LogP contribution in [0.1, 0.15) is 25.3 Å². The van der Waals surface area contributed by atoms with Crippen LogP contribution in [0, 0.1) is 5.41 Å². The zero-order valence-corrected chi connectivity index (χ0v) is 11.9. The Hall–Kier alpha value is -1.06. The molecule has 0 radical (unpaired) electrons. The van der Waals surface area contributed by atoms with Crippen LogP contribution in [0.5, 0.6) is 5.75 Å². The van der Waals surface area contributed by atoms with Crippen molar-refractivity contribution in [1.29, 1.82) is 0 Å². The highest BCUT2D eigenvalue weighted by Crippen LogP contribution is 2.62. The zero-order chi connectivity index (χ0) is 13.3. The number of rotatable bonds is 6. The predicted molar refractivity (Wildman–Crippen MR) is 75.7 cm³/mol. The normalized spacial score (nSPS) is 22.6. The van der Waals surface area contributed by atoms with E-state index in [1.165, 1.54) is 18.4 Å². The smallest absolute Gasteiger partial charge is 0.119 e. The van der Waals surface area contributed by atoms with E-state index in [4.69, 9.17) is 9.47 Å². The van der Waals surface area contributed by atoms with E-state index in [1.807, 2.05) is 14.0 Å². The first kappa shape index (κ1) is 12.9. The monoisotopic (exact) mass is 261 g/mol. The molecule has 0 atom stereocenters. The van der Waals surface area contributed by atoms with Crippen LogP contribution in [0.4, 0.5) is 0 Å². The van der Waals surface area contributed by atoms with Gasteiger partial charge in [-0.1, -0.05) is 12.1 Å². The summed E-state index contributed by atoms with van der Waals surface area (Å²) < 4.78 is 11.1. The number of hydrogen-bond donors (Lipinski definition) is 1. The van der Waals surface area contributed by atoms with Crippen LogP contribution in [0.2, 0.25) is 0 Å². The minimum atomic E-state index is 0.223. The third-order valence-corrected chi connectivity index (χ3v) is 4.80. The maximum absolute atomic E-state index is 5.58. The fraction of sp³-hybridized carbons (Fsp3) is 0.625. The highest BCUT2D eigenvalue weighted by atomic mass is 16.5. The zero-order valence-electron chi connectivity index (χ0n) is 11.9. The van der Waals surface area contributed by atoms with Gasteiger partial charge in [-0.2, -0.15) is 0 Å². The Morgan fingerprint density at radius 3 is 2.32 bits per heavy atom. The molecule has 2 aliphatic rings. The summed E-state index contributed by atoms with van der Waals surface area (Å²) in [5.41, 5.74) is 2.04. The van der Waals surface area contributed by atoms with Crippen molar-refractivity contribution in [2.75, 3.05) is 33.4 Å². The minimum Gasteiger partial charge on any atom is -0.494 e. The maximum atomic E-state index is 5.58. The summed E-state index contributed by atoms with van der Waals surface area (Å²) in [6.07, 6.45) is 2.62. The Bertz CT molecular complexity index is 433. The molecule has 104 valence electrons. The molecule has 1 saturated heterocycles. The maximum Gasteiger partial charge on any atom is 0.119 e. The number of nitrogens with one attached hydrogen (secondary N) is 1. The standard InChI is InChI=1S/C16H23NO2/c1-3-19-14-6-4-13(5-7-14)16(11-18-12-16)15(8-9-15)10-17-2/h4-7,17H,3,8-12H2,1-2H3. The molecular weight excluding hydrogens is 238 g/mol. The molecule has 3 heteroatoms. The van der Waals surface area contributed by atoms with Crippen molar-refractivity contribution < 1.29 is 9.47 Å². The summed E-state index contributed by atoms with van der Waals surface area (Å²) in [5, 5.41) is 3.37. The second kappa shape index (κ2) is 4.80. The highest BCUT2D eigenvalue weighted by Gasteiger charge is 2.62. The molecule has 3 rings (SSSR count). The van der Waals surface area contributed by atoms with Gasteiger partial charge in [0.1, 0.15) is 5.75 Å². The Morgan fingerprint density at radius 1 is 1.21 bits per heavy atom. The lowest BCUT2D eigenvalue weighted by molar-refractivity contribution is -0.0986. The van der Waals surface area contributed by atoms with E-state index in [1.54, 1.807) is 0 Å². The molecule has 1 aromatic carbocycles. The molecule has 19 heavy (non-hydrogen) atoms. The molecule has 2 fully saturated rings. The van der Waals surface area contributed by atoms with E-state index in [0.29, 0.717) is 5.41 Å². The van der Waals surface area contributed by atoms with Crippen molar-refractivity contribution in [3.63, 3.8) is 0 Å². The van der Waals surface area contributed by atoms with Crippen molar-refractivity contribution >= 4 is 0 Å². The number of ether oxygens (including phenoxy) is 2. The molecule has 0 unspecified atom stereocenters. The summed E-state index contributed by atoms with van der Waals surface area (Å²) in [4.78, 5) is 0. The third kappa shape index (κ3) is 1.96. The van der Waals surface area contributed by atoms with Crippen molar-refractivity contribution in [1.82, 2.24) is 5.32 Å². The molecule has 0 aromatic heterocycles. The lowest BCUT2D eigenvalue weighted by Crippen LogP contribution is -2.56. The quantitative estimate of drug-likeness (QED) is 0.852. The van der Waals surface area contributed by atoms with Crippen molar-refractivity contribution in [3.8, 4) is 5.75 Å². The largest absolute Gasteiger partial charge is 0.494 e. The average Bonchev–Trinajstić information content (AvgIpc) is 3.12. The summed E-state index contributed by atoms with van der Waals surface area (Å²) in [6, 6.07) is 8.63. The molecule has 1 saturated carbocycles. The summed E-state index contributed by atoms with van der Waals surface area (Å²) in [6.45, 7) is 5.55. The molecule has 0 amide bonds. The molecular formula is C16H23NO2. The second-order valence-electron chi connectivity index (χ2n) is 5.84. The first-order chi connectivity index (χ1) is 9.26. The SMILES string of the molecule is CCOc1ccc(C2(C3(CNC)CC3)COC2)cc1. The van der Waals surface area contributed by atoms with Crippen LogP contribution in [-0.4, -0.2) is 33.4 Å².